The SMILES string of the molecule is COCc1c(C(=O)NCC2(c3cccc(Br)c3)CCOCC2)sc2cccc(F)c12. The molecule has 1 aromatic heterocycles. The van der Waals surface area contributed by atoms with Gasteiger partial charge in [0.25, 0.3) is 5.91 Å². The normalized spacial score (nSPS) is 16.0. The number of carbonyl (C=O) groups excluding carboxylic acids is 1. The van der Waals surface area contributed by atoms with Crippen LogP contribution in [0.15, 0.2) is 46.9 Å². The monoisotopic (exact) mass is 491 g/mol. The van der Waals surface area contributed by atoms with Gasteiger partial charge in [0.2, 0.25) is 0 Å². The van der Waals surface area contributed by atoms with Gasteiger partial charge in [-0.25, -0.2) is 4.39 Å². The molecule has 1 aliphatic rings. The molecule has 3 aromatic rings. The highest BCUT2D eigenvalue weighted by atomic mass is 79.9. The van der Waals surface area contributed by atoms with E-state index < -0.39 is 0 Å². The summed E-state index contributed by atoms with van der Waals surface area (Å²) in [5.41, 5.74) is 1.60. The predicted molar refractivity (Wildman–Crippen MR) is 121 cm³/mol. The van der Waals surface area contributed by atoms with E-state index in [9.17, 15) is 9.18 Å². The van der Waals surface area contributed by atoms with Crippen molar-refractivity contribution in [3.63, 3.8) is 0 Å². The third-order valence-corrected chi connectivity index (χ3v) is 7.42. The minimum atomic E-state index is -0.329. The summed E-state index contributed by atoms with van der Waals surface area (Å²) in [6, 6.07) is 13.1. The van der Waals surface area contributed by atoms with E-state index in [-0.39, 0.29) is 23.7 Å². The van der Waals surface area contributed by atoms with Gasteiger partial charge >= 0.3 is 0 Å². The van der Waals surface area contributed by atoms with E-state index in [1.807, 2.05) is 18.2 Å². The Morgan fingerprint density at radius 1 is 1.27 bits per heavy atom. The molecule has 4 rings (SSSR count). The first-order chi connectivity index (χ1) is 14.5. The second-order valence-electron chi connectivity index (χ2n) is 7.54. The van der Waals surface area contributed by atoms with Crippen LogP contribution >= 0.6 is 27.3 Å². The fraction of sp³-hybridized carbons (Fsp3) is 0.348. The maximum atomic E-state index is 14.4. The van der Waals surface area contributed by atoms with Crippen molar-refractivity contribution in [2.45, 2.75) is 24.9 Å². The summed E-state index contributed by atoms with van der Waals surface area (Å²) in [6.07, 6.45) is 1.66. The van der Waals surface area contributed by atoms with Gasteiger partial charge in [-0.1, -0.05) is 34.1 Å². The Kier molecular flexibility index (Phi) is 6.53. The van der Waals surface area contributed by atoms with E-state index in [1.54, 1.807) is 13.2 Å². The number of carbonyl (C=O) groups is 1. The molecule has 2 heterocycles. The molecule has 158 valence electrons. The summed E-state index contributed by atoms with van der Waals surface area (Å²) in [6.45, 7) is 2.00. The minimum absolute atomic E-state index is 0.189. The lowest BCUT2D eigenvalue weighted by molar-refractivity contribution is 0.0487. The lowest BCUT2D eigenvalue weighted by Gasteiger charge is -2.38. The number of thiophene rings is 1. The van der Waals surface area contributed by atoms with Gasteiger partial charge in [-0.15, -0.1) is 11.3 Å². The van der Waals surface area contributed by atoms with E-state index in [2.05, 4.69) is 33.4 Å². The number of nitrogens with one attached hydrogen (secondary N) is 1. The zero-order chi connectivity index (χ0) is 21.1. The van der Waals surface area contributed by atoms with Gasteiger partial charge in [0, 0.05) is 52.4 Å². The molecule has 30 heavy (non-hydrogen) atoms. The molecule has 0 spiro atoms. The molecule has 0 bridgehead atoms. The Balaban J connectivity index is 1.63. The van der Waals surface area contributed by atoms with E-state index in [0.717, 1.165) is 22.0 Å². The van der Waals surface area contributed by atoms with Gasteiger partial charge < -0.3 is 14.8 Å². The van der Waals surface area contributed by atoms with Crippen LogP contribution in [-0.4, -0.2) is 32.8 Å². The molecule has 1 fully saturated rings. The minimum Gasteiger partial charge on any atom is -0.381 e. The average Bonchev–Trinajstić information content (AvgIpc) is 3.13. The second-order valence-corrected chi connectivity index (χ2v) is 9.51. The molecule has 0 radical (unpaired) electrons. The van der Waals surface area contributed by atoms with Crippen LogP contribution in [0.3, 0.4) is 0 Å². The molecule has 2 aromatic carbocycles. The molecular formula is C23H23BrFNO3S. The van der Waals surface area contributed by atoms with Crippen LogP contribution in [0.25, 0.3) is 10.1 Å². The van der Waals surface area contributed by atoms with Gasteiger partial charge in [0.15, 0.2) is 0 Å². The van der Waals surface area contributed by atoms with Crippen molar-refractivity contribution in [3.05, 3.63) is 68.8 Å². The first kappa shape index (κ1) is 21.4. The molecule has 1 amide bonds. The number of amides is 1. The molecule has 0 unspecified atom stereocenters. The standard InChI is InChI=1S/C23H23BrFNO3S/c1-28-13-17-20-18(25)6-3-7-19(20)30-21(17)22(27)26-14-23(8-10-29-11-9-23)15-4-2-5-16(24)12-15/h2-7,12H,8-11,13-14H2,1H3,(H,26,27). The topological polar surface area (TPSA) is 47.6 Å². The fourth-order valence-corrected chi connectivity index (χ4v) is 5.65. The zero-order valence-electron chi connectivity index (χ0n) is 16.7. The molecule has 1 saturated heterocycles. The van der Waals surface area contributed by atoms with Gasteiger partial charge in [0.05, 0.1) is 11.5 Å². The number of benzene rings is 2. The Labute approximate surface area is 187 Å². The summed E-state index contributed by atoms with van der Waals surface area (Å²) in [7, 11) is 1.55. The fourth-order valence-electron chi connectivity index (χ4n) is 4.11. The number of halogens is 2. The smallest absolute Gasteiger partial charge is 0.261 e. The molecule has 0 atom stereocenters. The van der Waals surface area contributed by atoms with E-state index in [0.29, 0.717) is 35.6 Å². The average molecular weight is 492 g/mol. The van der Waals surface area contributed by atoms with Gasteiger partial charge in [-0.2, -0.15) is 0 Å². The summed E-state index contributed by atoms with van der Waals surface area (Å²) < 4.78 is 27.1. The first-order valence-electron chi connectivity index (χ1n) is 9.85. The van der Waals surface area contributed by atoms with Crippen molar-refractivity contribution in [1.29, 1.82) is 0 Å². The van der Waals surface area contributed by atoms with Crippen LogP contribution < -0.4 is 5.32 Å². The van der Waals surface area contributed by atoms with E-state index >= 15 is 0 Å². The number of methoxy groups -OCH3 is 1. The van der Waals surface area contributed by atoms with Gasteiger partial charge in [-0.05, 0) is 42.7 Å². The van der Waals surface area contributed by atoms with E-state index in [4.69, 9.17) is 9.47 Å². The molecule has 4 nitrogen and oxygen atoms in total. The van der Waals surface area contributed by atoms with Crippen LogP contribution in [-0.2, 0) is 21.5 Å². The van der Waals surface area contributed by atoms with Crippen LogP contribution in [0.1, 0.15) is 33.6 Å². The Morgan fingerprint density at radius 2 is 2.03 bits per heavy atom. The molecule has 0 saturated carbocycles. The summed E-state index contributed by atoms with van der Waals surface area (Å²) in [4.78, 5) is 13.7. The largest absolute Gasteiger partial charge is 0.381 e. The number of hydrogen-bond donors (Lipinski definition) is 1. The van der Waals surface area contributed by atoms with Crippen molar-refractivity contribution in [2.75, 3.05) is 26.9 Å². The summed E-state index contributed by atoms with van der Waals surface area (Å²) in [5, 5.41) is 3.60. The third-order valence-electron chi connectivity index (χ3n) is 5.73. The zero-order valence-corrected chi connectivity index (χ0v) is 19.1. The van der Waals surface area contributed by atoms with Crippen molar-refractivity contribution in [1.82, 2.24) is 5.32 Å². The van der Waals surface area contributed by atoms with Gasteiger partial charge in [-0.3, -0.25) is 4.79 Å². The molecular weight excluding hydrogens is 469 g/mol. The highest BCUT2D eigenvalue weighted by Crippen LogP contribution is 2.37. The van der Waals surface area contributed by atoms with Crippen LogP contribution in [0.5, 0.6) is 0 Å². The number of rotatable bonds is 6. The summed E-state index contributed by atoms with van der Waals surface area (Å²) in [5.74, 6) is -0.520. The Hall–Kier alpha value is -1.80. The summed E-state index contributed by atoms with van der Waals surface area (Å²) >= 11 is 4.86. The van der Waals surface area contributed by atoms with Crippen LogP contribution in [0, 0.1) is 5.82 Å². The highest BCUT2D eigenvalue weighted by Gasteiger charge is 2.35. The first-order valence-corrected chi connectivity index (χ1v) is 11.5. The number of ether oxygens (including phenoxy) is 2. The lowest BCUT2D eigenvalue weighted by atomic mass is 9.74. The Bertz CT molecular complexity index is 1060. The van der Waals surface area contributed by atoms with Crippen LogP contribution in [0.4, 0.5) is 4.39 Å². The number of hydrogen-bond acceptors (Lipinski definition) is 4. The lowest BCUT2D eigenvalue weighted by Crippen LogP contribution is -2.44. The van der Waals surface area contributed by atoms with Crippen LogP contribution in [0.2, 0.25) is 0 Å². The molecule has 0 aliphatic carbocycles. The van der Waals surface area contributed by atoms with Gasteiger partial charge in [0.1, 0.15) is 5.82 Å². The molecule has 7 heteroatoms. The predicted octanol–water partition coefficient (Wildman–Crippen LogP) is 5.43. The van der Waals surface area contributed by atoms with Crippen molar-refractivity contribution in [2.24, 2.45) is 0 Å². The second kappa shape index (κ2) is 9.14. The third kappa shape index (κ3) is 4.17. The molecule has 1 aliphatic heterocycles. The number of fused-ring (bicyclic) bond motifs is 1. The van der Waals surface area contributed by atoms with E-state index in [1.165, 1.54) is 23.0 Å². The highest BCUT2D eigenvalue weighted by molar-refractivity contribution is 9.10. The van der Waals surface area contributed by atoms with Crippen molar-refractivity contribution >= 4 is 43.3 Å². The maximum absolute atomic E-state index is 14.4. The quantitative estimate of drug-likeness (QED) is 0.500. The maximum Gasteiger partial charge on any atom is 0.261 e. The Morgan fingerprint density at radius 3 is 2.77 bits per heavy atom. The van der Waals surface area contributed by atoms with Crippen molar-refractivity contribution < 1.29 is 18.7 Å². The molecule has 1 N–H and O–H groups in total. The van der Waals surface area contributed by atoms with Crippen molar-refractivity contribution in [3.8, 4) is 0 Å².